The third-order valence-electron chi connectivity index (χ3n) is 3.98. The topological polar surface area (TPSA) is 60.7 Å². The fourth-order valence-electron chi connectivity index (χ4n) is 2.72. The van der Waals surface area contributed by atoms with Crippen LogP contribution < -0.4 is 0 Å². The highest BCUT2D eigenvalue weighted by Gasteiger charge is 2.13. The number of rotatable bonds is 4. The molecule has 0 aliphatic rings. The van der Waals surface area contributed by atoms with Gasteiger partial charge < -0.3 is 15.3 Å². The van der Waals surface area contributed by atoms with Gasteiger partial charge in [-0.1, -0.05) is 48.0 Å². The second-order valence-electron chi connectivity index (χ2n) is 5.68. The molecule has 0 bridgehead atoms. The lowest BCUT2D eigenvalue weighted by atomic mass is 9.97. The molecule has 122 valence electrons. The molecule has 0 spiro atoms. The van der Waals surface area contributed by atoms with E-state index in [9.17, 15) is 15.3 Å². The summed E-state index contributed by atoms with van der Waals surface area (Å²) in [6.45, 7) is 0. The molecule has 0 fully saturated rings. The number of benzene rings is 3. The van der Waals surface area contributed by atoms with Crippen molar-refractivity contribution in [3.8, 4) is 17.2 Å². The summed E-state index contributed by atoms with van der Waals surface area (Å²) in [5.74, 6) is 0.490. The normalized spacial score (nSPS) is 10.7. The molecule has 3 rings (SSSR count). The van der Waals surface area contributed by atoms with Crippen molar-refractivity contribution < 1.29 is 15.3 Å². The Labute approximate surface area is 145 Å². The van der Waals surface area contributed by atoms with Crippen molar-refractivity contribution in [2.75, 3.05) is 0 Å². The number of phenolic OH excluding ortho intramolecular Hbond substituents is 3. The Balaban J connectivity index is 1.96. The Morgan fingerprint density at radius 3 is 1.46 bits per heavy atom. The summed E-state index contributed by atoms with van der Waals surface area (Å²) in [6, 6.07) is 17.4. The molecule has 0 saturated heterocycles. The minimum atomic E-state index is 0.130. The van der Waals surface area contributed by atoms with Crippen LogP contribution in [0.4, 0.5) is 0 Å². The Morgan fingerprint density at radius 1 is 0.625 bits per heavy atom. The fourth-order valence-corrected chi connectivity index (χ4v) is 2.98. The van der Waals surface area contributed by atoms with Crippen LogP contribution >= 0.6 is 11.6 Å². The molecule has 0 aromatic heterocycles. The average molecular weight is 341 g/mol. The fraction of sp³-hybridized carbons (Fsp3) is 0.100. The van der Waals surface area contributed by atoms with Crippen molar-refractivity contribution in [3.63, 3.8) is 0 Å². The maximum Gasteiger partial charge on any atom is 0.122 e. The van der Waals surface area contributed by atoms with Crippen LogP contribution in [0, 0.1) is 0 Å². The van der Waals surface area contributed by atoms with Gasteiger partial charge in [0.1, 0.15) is 17.2 Å². The van der Waals surface area contributed by atoms with E-state index in [4.69, 9.17) is 11.6 Å². The molecule has 3 aromatic carbocycles. The first kappa shape index (κ1) is 16.2. The van der Waals surface area contributed by atoms with Crippen LogP contribution in [0.25, 0.3) is 0 Å². The highest BCUT2D eigenvalue weighted by molar-refractivity contribution is 6.30. The Morgan fingerprint density at radius 2 is 1.04 bits per heavy atom. The maximum absolute atomic E-state index is 10.6. The number of para-hydroxylation sites is 2. The highest BCUT2D eigenvalue weighted by atomic mass is 35.5. The summed E-state index contributed by atoms with van der Waals surface area (Å²) < 4.78 is 0. The van der Waals surface area contributed by atoms with Crippen molar-refractivity contribution >= 4 is 11.6 Å². The monoisotopic (exact) mass is 340 g/mol. The van der Waals surface area contributed by atoms with E-state index in [1.807, 2.05) is 12.1 Å². The number of hydrogen-bond acceptors (Lipinski definition) is 3. The molecule has 0 heterocycles. The van der Waals surface area contributed by atoms with Crippen molar-refractivity contribution in [1.29, 1.82) is 0 Å². The predicted octanol–water partition coefficient (Wildman–Crippen LogP) is 4.64. The van der Waals surface area contributed by atoms with Crippen LogP contribution in [0.3, 0.4) is 0 Å². The van der Waals surface area contributed by atoms with Gasteiger partial charge in [-0.3, -0.25) is 0 Å². The quantitative estimate of drug-likeness (QED) is 0.648. The van der Waals surface area contributed by atoms with Gasteiger partial charge in [0.25, 0.3) is 0 Å². The second kappa shape index (κ2) is 6.85. The molecule has 24 heavy (non-hydrogen) atoms. The second-order valence-corrected chi connectivity index (χ2v) is 6.12. The van der Waals surface area contributed by atoms with E-state index in [2.05, 4.69) is 0 Å². The first-order valence-electron chi connectivity index (χ1n) is 7.58. The van der Waals surface area contributed by atoms with Crippen molar-refractivity contribution in [3.05, 3.63) is 87.9 Å². The smallest absolute Gasteiger partial charge is 0.122 e. The molecule has 0 unspecified atom stereocenters. The van der Waals surface area contributed by atoms with Gasteiger partial charge in [-0.15, -0.1) is 0 Å². The van der Waals surface area contributed by atoms with E-state index in [1.165, 1.54) is 0 Å². The van der Waals surface area contributed by atoms with E-state index < -0.39 is 0 Å². The molecule has 0 saturated carbocycles. The third kappa shape index (κ3) is 3.47. The molecule has 0 atom stereocenters. The largest absolute Gasteiger partial charge is 0.508 e. The van der Waals surface area contributed by atoms with Gasteiger partial charge in [0.15, 0.2) is 0 Å². The minimum absolute atomic E-state index is 0.130. The van der Waals surface area contributed by atoms with Gasteiger partial charge in [0.05, 0.1) is 0 Å². The van der Waals surface area contributed by atoms with Crippen LogP contribution in [0.5, 0.6) is 17.2 Å². The van der Waals surface area contributed by atoms with Gasteiger partial charge in [-0.25, -0.2) is 0 Å². The van der Waals surface area contributed by atoms with Gasteiger partial charge in [-0.2, -0.15) is 0 Å². The zero-order chi connectivity index (χ0) is 17.1. The first-order valence-corrected chi connectivity index (χ1v) is 7.96. The van der Waals surface area contributed by atoms with Gasteiger partial charge >= 0.3 is 0 Å². The average Bonchev–Trinajstić information content (AvgIpc) is 2.56. The summed E-state index contributed by atoms with van der Waals surface area (Å²) in [4.78, 5) is 0. The molecule has 0 aliphatic carbocycles. The molecule has 0 amide bonds. The van der Waals surface area contributed by atoms with Crippen LogP contribution in [0.15, 0.2) is 60.7 Å². The highest BCUT2D eigenvalue weighted by Crippen LogP contribution is 2.33. The molecule has 3 aromatic rings. The van der Waals surface area contributed by atoms with Gasteiger partial charge in [-0.05, 0) is 35.4 Å². The standard InChI is InChI=1S/C20H17ClO3/c21-17-11-15(9-13-5-1-3-7-18(13)22)20(24)16(12-17)10-14-6-2-4-8-19(14)23/h1-8,11-12,22-24H,9-10H2. The summed E-state index contributed by atoms with van der Waals surface area (Å²) in [6.07, 6.45) is 0.736. The van der Waals surface area contributed by atoms with Crippen LogP contribution in [0.2, 0.25) is 5.02 Å². The first-order chi connectivity index (χ1) is 11.5. The van der Waals surface area contributed by atoms with Crippen LogP contribution in [-0.4, -0.2) is 15.3 Å². The molecular formula is C20H17ClO3. The van der Waals surface area contributed by atoms with Crippen molar-refractivity contribution in [2.24, 2.45) is 0 Å². The molecular weight excluding hydrogens is 324 g/mol. The number of phenols is 3. The predicted molar refractivity (Wildman–Crippen MR) is 94.9 cm³/mol. The molecule has 4 heteroatoms. The molecule has 3 nitrogen and oxygen atoms in total. The van der Waals surface area contributed by atoms with E-state index in [0.29, 0.717) is 40.1 Å². The summed E-state index contributed by atoms with van der Waals surface area (Å²) in [5, 5.41) is 30.9. The summed E-state index contributed by atoms with van der Waals surface area (Å²) in [5.41, 5.74) is 2.69. The number of halogens is 1. The number of hydrogen-bond donors (Lipinski definition) is 3. The lowest BCUT2D eigenvalue weighted by Gasteiger charge is -2.13. The zero-order valence-electron chi connectivity index (χ0n) is 12.9. The Bertz CT molecular complexity index is 806. The molecule has 0 aliphatic heterocycles. The van der Waals surface area contributed by atoms with Crippen LogP contribution in [0.1, 0.15) is 22.3 Å². The zero-order valence-corrected chi connectivity index (χ0v) is 13.7. The summed E-state index contributed by atoms with van der Waals surface area (Å²) >= 11 is 6.20. The lowest BCUT2D eigenvalue weighted by molar-refractivity contribution is 0.457. The van der Waals surface area contributed by atoms with Gasteiger partial charge in [0, 0.05) is 29.0 Å². The van der Waals surface area contributed by atoms with E-state index in [1.54, 1.807) is 48.5 Å². The third-order valence-corrected chi connectivity index (χ3v) is 4.20. The SMILES string of the molecule is Oc1ccccc1Cc1cc(Cl)cc(Cc2ccccc2O)c1O. The van der Waals surface area contributed by atoms with E-state index in [-0.39, 0.29) is 17.2 Å². The van der Waals surface area contributed by atoms with Crippen molar-refractivity contribution in [2.45, 2.75) is 12.8 Å². The Hall–Kier alpha value is -2.65. The van der Waals surface area contributed by atoms with Crippen molar-refractivity contribution in [1.82, 2.24) is 0 Å². The van der Waals surface area contributed by atoms with E-state index >= 15 is 0 Å². The molecule has 0 radical (unpaired) electrons. The minimum Gasteiger partial charge on any atom is -0.508 e. The maximum atomic E-state index is 10.6. The Kier molecular flexibility index (Phi) is 4.63. The lowest BCUT2D eigenvalue weighted by Crippen LogP contribution is -1.96. The van der Waals surface area contributed by atoms with E-state index in [0.717, 1.165) is 0 Å². The number of aromatic hydroxyl groups is 3. The van der Waals surface area contributed by atoms with Crippen LogP contribution in [-0.2, 0) is 12.8 Å². The molecule has 3 N–H and O–H groups in total. The summed E-state index contributed by atoms with van der Waals surface area (Å²) in [7, 11) is 0. The van der Waals surface area contributed by atoms with Gasteiger partial charge in [0.2, 0.25) is 0 Å².